The monoisotopic (exact) mass is 703 g/mol. The first-order chi connectivity index (χ1) is 27.3. The number of aromatic nitrogens is 2. The summed E-state index contributed by atoms with van der Waals surface area (Å²) < 4.78 is 9.26. The van der Waals surface area contributed by atoms with E-state index in [-0.39, 0.29) is 0 Å². The third-order valence-electron chi connectivity index (χ3n) is 10.8. The molecule has 11 aromatic rings. The molecule has 0 saturated carbocycles. The average Bonchev–Trinajstić information content (AvgIpc) is 3.86. The second kappa shape index (κ2) is 12.6. The van der Waals surface area contributed by atoms with Crippen molar-refractivity contribution in [3.63, 3.8) is 0 Å². The van der Waals surface area contributed by atoms with E-state index in [4.69, 9.17) is 9.40 Å². The Balaban J connectivity index is 1.25. The molecule has 0 amide bonds. The molecule has 2 aromatic heterocycles. The third-order valence-corrected chi connectivity index (χ3v) is 10.8. The Morgan fingerprint density at radius 3 is 1.84 bits per heavy atom. The Bertz CT molecular complexity index is 3180. The topological polar surface area (TPSA) is 34.2 Å². The fourth-order valence-corrected chi connectivity index (χ4v) is 8.30. The summed E-state index contributed by atoms with van der Waals surface area (Å²) in [5.74, 6) is 0.593. The number of anilines is 3. The van der Waals surface area contributed by atoms with Gasteiger partial charge in [-0.25, -0.2) is 4.98 Å². The van der Waals surface area contributed by atoms with Crippen LogP contribution in [0.4, 0.5) is 17.1 Å². The molecule has 0 fully saturated rings. The van der Waals surface area contributed by atoms with Gasteiger partial charge in [-0.3, -0.25) is 0 Å². The molecule has 2 heterocycles. The summed E-state index contributed by atoms with van der Waals surface area (Å²) in [6, 6.07) is 70.9. The molecule has 55 heavy (non-hydrogen) atoms. The van der Waals surface area contributed by atoms with Gasteiger partial charge in [-0.05, 0) is 87.9 Å². The number of rotatable bonds is 6. The minimum atomic E-state index is 0.593. The Labute approximate surface area is 317 Å². The molecule has 0 aliphatic heterocycles. The molecule has 0 saturated heterocycles. The molecule has 4 heteroatoms. The van der Waals surface area contributed by atoms with E-state index in [1.807, 2.05) is 18.2 Å². The van der Waals surface area contributed by atoms with E-state index >= 15 is 0 Å². The highest BCUT2D eigenvalue weighted by molar-refractivity contribution is 6.23. The summed E-state index contributed by atoms with van der Waals surface area (Å²) in [5.41, 5.74) is 11.3. The first-order valence-corrected chi connectivity index (χ1v) is 18.6. The lowest BCUT2D eigenvalue weighted by molar-refractivity contribution is 0.623. The largest absolute Gasteiger partial charge is 0.435 e. The molecule has 0 aliphatic rings. The van der Waals surface area contributed by atoms with Crippen LogP contribution in [0.2, 0.25) is 0 Å². The molecular weight excluding hydrogens is 671 g/mol. The van der Waals surface area contributed by atoms with Crippen LogP contribution < -0.4 is 4.90 Å². The quantitative estimate of drug-likeness (QED) is 0.162. The molecule has 0 spiro atoms. The number of para-hydroxylation sites is 2. The van der Waals surface area contributed by atoms with Crippen molar-refractivity contribution in [1.82, 2.24) is 9.55 Å². The fourth-order valence-electron chi connectivity index (χ4n) is 8.30. The lowest BCUT2D eigenvalue weighted by Gasteiger charge is -2.27. The summed E-state index contributed by atoms with van der Waals surface area (Å²) in [5, 5.41) is 6.78. The van der Waals surface area contributed by atoms with E-state index in [1.54, 1.807) is 0 Å². The lowest BCUT2D eigenvalue weighted by atomic mass is 9.99. The Hall–Kier alpha value is -7.43. The minimum absolute atomic E-state index is 0.593. The van der Waals surface area contributed by atoms with E-state index in [1.165, 1.54) is 10.9 Å². The van der Waals surface area contributed by atoms with Gasteiger partial charge in [0.25, 0.3) is 0 Å². The molecule has 4 nitrogen and oxygen atoms in total. The summed E-state index contributed by atoms with van der Waals surface area (Å²) in [7, 11) is 0. The maximum atomic E-state index is 6.89. The van der Waals surface area contributed by atoms with Crippen molar-refractivity contribution in [1.29, 1.82) is 0 Å². The van der Waals surface area contributed by atoms with Crippen LogP contribution in [0.1, 0.15) is 0 Å². The summed E-state index contributed by atoms with van der Waals surface area (Å²) >= 11 is 0. The van der Waals surface area contributed by atoms with Crippen molar-refractivity contribution in [3.05, 3.63) is 200 Å². The third kappa shape index (κ3) is 5.03. The number of nitrogens with zero attached hydrogens (tertiary/aromatic N) is 3. The molecule has 0 bridgehead atoms. The smallest absolute Gasteiger partial charge is 0.227 e. The van der Waals surface area contributed by atoms with Gasteiger partial charge in [0.05, 0.1) is 22.4 Å². The first kappa shape index (κ1) is 31.1. The molecular formula is C51H33N3O. The highest BCUT2D eigenvalue weighted by Gasteiger charge is 2.26. The van der Waals surface area contributed by atoms with Crippen LogP contribution in [-0.2, 0) is 0 Å². The maximum absolute atomic E-state index is 6.89. The zero-order valence-corrected chi connectivity index (χ0v) is 29.8. The van der Waals surface area contributed by atoms with Gasteiger partial charge in [-0.2, -0.15) is 0 Å². The molecule has 0 aliphatic carbocycles. The van der Waals surface area contributed by atoms with E-state index in [0.717, 1.165) is 82.9 Å². The highest BCUT2D eigenvalue weighted by Crippen LogP contribution is 2.48. The van der Waals surface area contributed by atoms with Gasteiger partial charge in [0.2, 0.25) is 5.89 Å². The Morgan fingerprint density at radius 1 is 0.436 bits per heavy atom. The van der Waals surface area contributed by atoms with Gasteiger partial charge in [-0.15, -0.1) is 0 Å². The number of benzene rings is 9. The van der Waals surface area contributed by atoms with Gasteiger partial charge in [0, 0.05) is 33.1 Å². The molecule has 9 aromatic carbocycles. The SMILES string of the molecule is c1ccc(-c2ccc(N(c3cc4ccc5ccccc5c4c4oc(-c5ccccc5)nc34)c3cccc4c3c3ccccc3n4-c3ccccc3)cc2)cc1. The van der Waals surface area contributed by atoms with E-state index in [2.05, 4.69) is 191 Å². The van der Waals surface area contributed by atoms with Crippen LogP contribution in [0.15, 0.2) is 205 Å². The zero-order chi connectivity index (χ0) is 36.3. The standard InChI is InChI=1S/C51H33N3O/c1-4-15-34(16-5-1)35-29-31-40(32-30-35)54(45-26-14-25-44-48(45)42-23-12-13-24-43(42)53(44)39-20-8-3-9-21-39)46-33-38-28-27-36-17-10-11-22-41(36)47(38)50-49(46)52-51(55-50)37-18-6-2-7-19-37/h1-33H. The Kier molecular flexibility index (Phi) is 7.14. The molecule has 0 atom stereocenters. The normalized spacial score (nSPS) is 11.6. The second-order valence-electron chi connectivity index (χ2n) is 14.0. The van der Waals surface area contributed by atoms with Gasteiger partial charge in [-0.1, -0.05) is 140 Å². The summed E-state index contributed by atoms with van der Waals surface area (Å²) in [6.07, 6.45) is 0. The van der Waals surface area contributed by atoms with Gasteiger partial charge in [0.15, 0.2) is 5.58 Å². The van der Waals surface area contributed by atoms with Crippen molar-refractivity contribution in [3.8, 4) is 28.3 Å². The van der Waals surface area contributed by atoms with Crippen LogP contribution in [-0.4, -0.2) is 9.55 Å². The maximum Gasteiger partial charge on any atom is 0.227 e. The molecule has 11 rings (SSSR count). The number of oxazole rings is 1. The molecule has 0 radical (unpaired) electrons. The van der Waals surface area contributed by atoms with Crippen LogP contribution in [0.3, 0.4) is 0 Å². The summed E-state index contributed by atoms with van der Waals surface area (Å²) in [4.78, 5) is 7.74. The van der Waals surface area contributed by atoms with Crippen molar-refractivity contribution in [2.24, 2.45) is 0 Å². The first-order valence-electron chi connectivity index (χ1n) is 18.6. The van der Waals surface area contributed by atoms with Crippen molar-refractivity contribution in [2.75, 3.05) is 4.90 Å². The van der Waals surface area contributed by atoms with Gasteiger partial charge < -0.3 is 13.9 Å². The highest BCUT2D eigenvalue weighted by atomic mass is 16.3. The average molecular weight is 704 g/mol. The predicted molar refractivity (Wildman–Crippen MR) is 229 cm³/mol. The molecule has 258 valence electrons. The van der Waals surface area contributed by atoms with Crippen LogP contribution in [0.25, 0.3) is 82.7 Å². The van der Waals surface area contributed by atoms with Gasteiger partial charge >= 0.3 is 0 Å². The van der Waals surface area contributed by atoms with Crippen LogP contribution in [0.5, 0.6) is 0 Å². The van der Waals surface area contributed by atoms with Crippen molar-refractivity contribution < 1.29 is 4.42 Å². The number of hydrogen-bond acceptors (Lipinski definition) is 3. The fraction of sp³-hybridized carbons (Fsp3) is 0. The zero-order valence-electron chi connectivity index (χ0n) is 29.8. The lowest BCUT2D eigenvalue weighted by Crippen LogP contribution is -2.11. The van der Waals surface area contributed by atoms with Crippen molar-refractivity contribution >= 4 is 71.5 Å². The van der Waals surface area contributed by atoms with E-state index in [0.29, 0.717) is 5.89 Å². The predicted octanol–water partition coefficient (Wildman–Crippen LogP) is 14.0. The summed E-state index contributed by atoms with van der Waals surface area (Å²) in [6.45, 7) is 0. The van der Waals surface area contributed by atoms with Crippen molar-refractivity contribution in [2.45, 2.75) is 0 Å². The van der Waals surface area contributed by atoms with Gasteiger partial charge in [0.1, 0.15) is 5.52 Å². The molecule has 0 unspecified atom stereocenters. The second-order valence-corrected chi connectivity index (χ2v) is 14.0. The number of hydrogen-bond donors (Lipinski definition) is 0. The Morgan fingerprint density at radius 2 is 1.05 bits per heavy atom. The minimum Gasteiger partial charge on any atom is -0.435 e. The molecule has 0 N–H and O–H groups in total. The van der Waals surface area contributed by atoms with E-state index < -0.39 is 0 Å². The number of fused-ring (bicyclic) bond motifs is 8. The van der Waals surface area contributed by atoms with E-state index in [9.17, 15) is 0 Å². The van der Waals surface area contributed by atoms with Crippen LogP contribution in [0, 0.1) is 0 Å². The van der Waals surface area contributed by atoms with Crippen LogP contribution >= 0.6 is 0 Å².